The van der Waals surface area contributed by atoms with E-state index in [2.05, 4.69) is 20.6 Å². The normalized spacial score (nSPS) is 24.0. The molecule has 0 saturated carbocycles. The van der Waals surface area contributed by atoms with Gasteiger partial charge in [0.1, 0.15) is 0 Å². The molecule has 0 spiro atoms. The van der Waals surface area contributed by atoms with Gasteiger partial charge < -0.3 is 15.5 Å². The van der Waals surface area contributed by atoms with Crippen molar-refractivity contribution in [3.8, 4) is 0 Å². The van der Waals surface area contributed by atoms with Crippen molar-refractivity contribution in [2.24, 2.45) is 7.05 Å². The van der Waals surface area contributed by atoms with E-state index >= 15 is 0 Å². The number of hydrogen-bond acceptors (Lipinski definition) is 4. The summed E-state index contributed by atoms with van der Waals surface area (Å²) < 4.78 is 30.4. The molecule has 2 fully saturated rings. The smallest absolute Gasteiger partial charge is 0.251 e. The Bertz CT molecular complexity index is 1260. The van der Waals surface area contributed by atoms with Crippen LogP contribution in [0.4, 0.5) is 8.78 Å². The molecule has 3 aromatic rings. The second kappa shape index (κ2) is 12.1. The summed E-state index contributed by atoms with van der Waals surface area (Å²) in [6.45, 7) is 3.98. The highest BCUT2D eigenvalue weighted by atomic mass is 35.5. The molecule has 0 unspecified atom stereocenters. The number of carbonyl (C=O) groups is 1. The van der Waals surface area contributed by atoms with Crippen LogP contribution in [-0.4, -0.2) is 59.4 Å². The Morgan fingerprint density at radius 2 is 1.90 bits per heavy atom. The van der Waals surface area contributed by atoms with Gasteiger partial charge in [-0.15, -0.1) is 0 Å². The predicted octanol–water partition coefficient (Wildman–Crippen LogP) is 5.04. The van der Waals surface area contributed by atoms with Crippen molar-refractivity contribution in [1.82, 2.24) is 25.3 Å². The maximum absolute atomic E-state index is 14.6. The third-order valence-corrected chi connectivity index (χ3v) is 8.72. The summed E-state index contributed by atoms with van der Waals surface area (Å²) >= 11 is 6.74. The molecule has 1 amide bonds. The van der Waals surface area contributed by atoms with E-state index in [1.807, 2.05) is 25.2 Å². The van der Waals surface area contributed by atoms with E-state index in [1.54, 1.807) is 29.1 Å². The SMILES string of the molecule is Cn1ncc(Cl)c1[C@]1(CNC(=O)c2ccccc2)CN[C@H](CCN2CCCCC2)C[C@H]1c1ccc(F)c(F)c1. The Labute approximate surface area is 233 Å². The number of hydrogen-bond donors (Lipinski definition) is 2. The average molecular weight is 556 g/mol. The van der Waals surface area contributed by atoms with Crippen LogP contribution < -0.4 is 10.6 Å². The van der Waals surface area contributed by atoms with Gasteiger partial charge in [0, 0.05) is 31.7 Å². The summed E-state index contributed by atoms with van der Waals surface area (Å²) in [7, 11) is 1.83. The van der Waals surface area contributed by atoms with Crippen molar-refractivity contribution in [3.05, 3.63) is 88.2 Å². The van der Waals surface area contributed by atoms with Gasteiger partial charge in [0.2, 0.25) is 0 Å². The summed E-state index contributed by atoms with van der Waals surface area (Å²) in [5, 5.41) is 11.7. The van der Waals surface area contributed by atoms with E-state index in [4.69, 9.17) is 11.6 Å². The number of rotatable bonds is 8. The molecule has 0 aliphatic carbocycles. The molecule has 3 heterocycles. The lowest BCUT2D eigenvalue weighted by Crippen LogP contribution is -2.59. The lowest BCUT2D eigenvalue weighted by atomic mass is 9.64. The first kappa shape index (κ1) is 27.7. The summed E-state index contributed by atoms with van der Waals surface area (Å²) in [6, 6.07) is 13.4. The first-order valence-corrected chi connectivity index (χ1v) is 14.2. The van der Waals surface area contributed by atoms with Gasteiger partial charge in [0.25, 0.3) is 5.91 Å². The molecule has 2 N–H and O–H groups in total. The number of benzene rings is 2. The van der Waals surface area contributed by atoms with Crippen LogP contribution in [0.5, 0.6) is 0 Å². The van der Waals surface area contributed by atoms with E-state index < -0.39 is 17.0 Å². The molecular formula is C30H36ClF2N5O. The second-order valence-electron chi connectivity index (χ2n) is 10.9. The van der Waals surface area contributed by atoms with Gasteiger partial charge >= 0.3 is 0 Å². The minimum Gasteiger partial charge on any atom is -0.351 e. The van der Waals surface area contributed by atoms with E-state index in [1.165, 1.54) is 31.4 Å². The molecule has 2 aliphatic rings. The Hall–Kier alpha value is -2.81. The van der Waals surface area contributed by atoms with E-state index in [9.17, 15) is 13.6 Å². The zero-order chi connectivity index (χ0) is 27.4. The molecule has 1 aromatic heterocycles. The number of aromatic nitrogens is 2. The van der Waals surface area contributed by atoms with Crippen LogP contribution in [0.15, 0.2) is 54.7 Å². The van der Waals surface area contributed by atoms with Crippen LogP contribution in [0.3, 0.4) is 0 Å². The Morgan fingerprint density at radius 1 is 1.13 bits per heavy atom. The molecular weight excluding hydrogens is 520 g/mol. The van der Waals surface area contributed by atoms with Crippen LogP contribution in [0.2, 0.25) is 5.02 Å². The predicted molar refractivity (Wildman–Crippen MR) is 149 cm³/mol. The minimum atomic E-state index is -0.880. The first-order valence-electron chi connectivity index (χ1n) is 13.8. The molecule has 0 radical (unpaired) electrons. The Kier molecular flexibility index (Phi) is 8.64. The van der Waals surface area contributed by atoms with Crippen LogP contribution in [0, 0.1) is 11.6 Å². The number of carbonyl (C=O) groups excluding carboxylic acids is 1. The number of aryl methyl sites for hydroxylation is 1. The third-order valence-electron chi connectivity index (χ3n) is 8.45. The van der Waals surface area contributed by atoms with Gasteiger partial charge in [-0.05, 0) is 81.1 Å². The summed E-state index contributed by atoms with van der Waals surface area (Å²) in [6.07, 6.45) is 6.99. The number of piperidine rings is 2. The molecule has 9 heteroatoms. The highest BCUT2D eigenvalue weighted by molar-refractivity contribution is 6.31. The number of nitrogens with one attached hydrogen (secondary N) is 2. The van der Waals surface area contributed by atoms with Crippen molar-refractivity contribution in [2.45, 2.75) is 49.5 Å². The molecule has 0 bridgehead atoms. The van der Waals surface area contributed by atoms with Gasteiger partial charge in [-0.3, -0.25) is 9.48 Å². The van der Waals surface area contributed by atoms with Gasteiger partial charge in [-0.25, -0.2) is 8.78 Å². The Balaban J connectivity index is 1.49. The van der Waals surface area contributed by atoms with E-state index in [-0.39, 0.29) is 24.4 Å². The fraction of sp³-hybridized carbons (Fsp3) is 0.467. The van der Waals surface area contributed by atoms with E-state index in [0.29, 0.717) is 29.1 Å². The highest BCUT2D eigenvalue weighted by Gasteiger charge is 2.49. The van der Waals surface area contributed by atoms with Crippen LogP contribution >= 0.6 is 11.6 Å². The van der Waals surface area contributed by atoms with Gasteiger partial charge in [-0.2, -0.15) is 5.10 Å². The van der Waals surface area contributed by atoms with Crippen LogP contribution in [0.1, 0.15) is 59.6 Å². The minimum absolute atomic E-state index is 0.176. The number of halogens is 3. The molecule has 3 atom stereocenters. The summed E-state index contributed by atoms with van der Waals surface area (Å²) in [5.74, 6) is -2.21. The number of nitrogens with zero attached hydrogens (tertiary/aromatic N) is 3. The lowest BCUT2D eigenvalue weighted by molar-refractivity contribution is 0.0926. The fourth-order valence-corrected chi connectivity index (χ4v) is 6.74. The molecule has 2 aliphatic heterocycles. The zero-order valence-electron chi connectivity index (χ0n) is 22.3. The third kappa shape index (κ3) is 6.03. The molecule has 208 valence electrons. The topological polar surface area (TPSA) is 62.2 Å². The van der Waals surface area contributed by atoms with Crippen LogP contribution in [-0.2, 0) is 12.5 Å². The van der Waals surface area contributed by atoms with Crippen molar-refractivity contribution in [3.63, 3.8) is 0 Å². The van der Waals surface area contributed by atoms with E-state index in [0.717, 1.165) is 31.7 Å². The lowest BCUT2D eigenvalue weighted by Gasteiger charge is -2.48. The monoisotopic (exact) mass is 555 g/mol. The number of likely N-dealkylation sites (tertiary alicyclic amines) is 1. The second-order valence-corrected chi connectivity index (χ2v) is 11.3. The zero-order valence-corrected chi connectivity index (χ0v) is 23.1. The van der Waals surface area contributed by atoms with Crippen molar-refractivity contribution >= 4 is 17.5 Å². The molecule has 6 nitrogen and oxygen atoms in total. The summed E-state index contributed by atoms with van der Waals surface area (Å²) in [5.41, 5.74) is 1.24. The fourth-order valence-electron chi connectivity index (χ4n) is 6.39. The molecule has 39 heavy (non-hydrogen) atoms. The maximum atomic E-state index is 14.6. The standard InChI is InChI=1S/C30H36ClF2N5O/c1-37-28(25(31)18-36-37)30(20-35-29(39)21-8-4-2-5-9-21)19-34-23(12-15-38-13-6-3-7-14-38)17-24(30)22-10-11-26(32)27(33)16-22/h2,4-5,8-11,16,18,23-24,34H,3,6-7,12-15,17,19-20H2,1H3,(H,35,39)/t23-,24+,30+/m1/s1. The van der Waals surface area contributed by atoms with Crippen molar-refractivity contribution in [2.75, 3.05) is 32.7 Å². The highest BCUT2D eigenvalue weighted by Crippen LogP contribution is 2.47. The van der Waals surface area contributed by atoms with Crippen molar-refractivity contribution in [1.29, 1.82) is 0 Å². The molecule has 2 saturated heterocycles. The van der Waals surface area contributed by atoms with Crippen molar-refractivity contribution < 1.29 is 13.6 Å². The summed E-state index contributed by atoms with van der Waals surface area (Å²) in [4.78, 5) is 15.7. The maximum Gasteiger partial charge on any atom is 0.251 e. The van der Waals surface area contributed by atoms with Gasteiger partial charge in [0.15, 0.2) is 11.6 Å². The van der Waals surface area contributed by atoms with Crippen LogP contribution in [0.25, 0.3) is 0 Å². The van der Waals surface area contributed by atoms with Gasteiger partial charge in [0.05, 0.1) is 22.3 Å². The first-order chi connectivity index (χ1) is 18.9. The Morgan fingerprint density at radius 3 is 2.59 bits per heavy atom. The van der Waals surface area contributed by atoms with Gasteiger partial charge in [-0.1, -0.05) is 42.3 Å². The molecule has 5 rings (SSSR count). The number of amides is 1. The average Bonchev–Trinajstić information content (AvgIpc) is 3.31. The largest absolute Gasteiger partial charge is 0.351 e. The molecule has 2 aromatic carbocycles. The quantitative estimate of drug-likeness (QED) is 0.409.